The fraction of sp³-hybridized carbons (Fsp3) is 0.885. The zero-order valence-corrected chi connectivity index (χ0v) is 24.7. The Kier molecular flexibility index (Phi) is 13.5. The summed E-state index contributed by atoms with van der Waals surface area (Å²) in [7, 11) is 1.57. The number of carbonyl (C=O) groups excluding carboxylic acids is 1. The SMILES string of the molecule is CN[C@@H]1[C@@H](O)[C@@H](O[C@@H]2[C@@H](O)[C@H](O[C@H]3OC(CNCC(O)CN)=CC[C@H]3N)[C@@H](N)C[C@H]2NC(=O)[C@@H](O)CCN)OC[C@]1(C)O. The molecule has 1 amide bonds. The molecule has 0 bridgehead atoms. The number of carbonyl (C=O) groups is 1. The minimum Gasteiger partial charge on any atom is -0.467 e. The summed E-state index contributed by atoms with van der Waals surface area (Å²) in [5.74, 6) is -0.214. The van der Waals surface area contributed by atoms with Crippen LogP contribution in [-0.2, 0) is 23.7 Å². The minimum atomic E-state index is -1.48. The van der Waals surface area contributed by atoms with E-state index in [9.17, 15) is 30.3 Å². The van der Waals surface area contributed by atoms with Gasteiger partial charge in [0.1, 0.15) is 41.9 Å². The Morgan fingerprint density at radius 2 is 1.84 bits per heavy atom. The molecule has 43 heavy (non-hydrogen) atoms. The van der Waals surface area contributed by atoms with E-state index in [0.717, 1.165) is 0 Å². The molecule has 2 aliphatic heterocycles. The third kappa shape index (κ3) is 9.24. The maximum atomic E-state index is 12.7. The third-order valence-corrected chi connectivity index (χ3v) is 8.00. The Morgan fingerprint density at radius 3 is 2.49 bits per heavy atom. The smallest absolute Gasteiger partial charge is 0.249 e. The van der Waals surface area contributed by atoms with Gasteiger partial charge in [-0.05, 0) is 45.9 Å². The molecule has 1 saturated carbocycles. The summed E-state index contributed by atoms with van der Waals surface area (Å²) in [6.07, 6.45) is -7.29. The largest absolute Gasteiger partial charge is 0.467 e. The Labute approximate surface area is 251 Å². The van der Waals surface area contributed by atoms with E-state index in [0.29, 0.717) is 12.2 Å². The van der Waals surface area contributed by atoms with Crippen LogP contribution in [0.3, 0.4) is 0 Å². The van der Waals surface area contributed by atoms with Crippen molar-refractivity contribution in [1.29, 1.82) is 0 Å². The molecule has 16 N–H and O–H groups in total. The lowest BCUT2D eigenvalue weighted by molar-refractivity contribution is -0.304. The molecule has 2 fully saturated rings. The fourth-order valence-electron chi connectivity index (χ4n) is 5.53. The van der Waals surface area contributed by atoms with Crippen molar-refractivity contribution in [2.24, 2.45) is 22.9 Å². The van der Waals surface area contributed by atoms with Gasteiger partial charge in [0, 0.05) is 19.1 Å². The first kappa shape index (κ1) is 35.9. The van der Waals surface area contributed by atoms with Gasteiger partial charge in [0.05, 0.1) is 37.4 Å². The number of ether oxygens (including phenoxy) is 4. The van der Waals surface area contributed by atoms with Crippen LogP contribution in [0.15, 0.2) is 11.8 Å². The number of rotatable bonds is 14. The molecule has 2 heterocycles. The van der Waals surface area contributed by atoms with Crippen LogP contribution < -0.4 is 38.9 Å². The van der Waals surface area contributed by atoms with E-state index in [-0.39, 0.29) is 45.6 Å². The number of hydrogen-bond donors (Lipinski definition) is 12. The average Bonchev–Trinajstić information content (AvgIpc) is 2.95. The van der Waals surface area contributed by atoms with Crippen molar-refractivity contribution in [1.82, 2.24) is 16.0 Å². The van der Waals surface area contributed by atoms with Crippen LogP contribution >= 0.6 is 0 Å². The van der Waals surface area contributed by atoms with Crippen LogP contribution in [0.25, 0.3) is 0 Å². The standard InChI is InChI=1S/C26H51N7O10/c1-26(39)11-40-25(19(37)22(26)31-2)43-21-16(33-23(38)17(35)5-6-27)7-15(30)20(18(21)36)42-24-14(29)4-3-13(41-24)10-32-9-12(34)8-28/h3,12,14-22,24-25,31-32,34-37,39H,4-11,27-30H2,1-2H3,(H,33,38)/t12?,14-,15+,16-,17+,18+,19-,20-,21+,22-,24-,25-,26+/m1/s1. The van der Waals surface area contributed by atoms with E-state index in [1.807, 2.05) is 0 Å². The van der Waals surface area contributed by atoms with Crippen LogP contribution in [0.2, 0.25) is 0 Å². The van der Waals surface area contributed by atoms with Gasteiger partial charge < -0.3 is 83.4 Å². The molecule has 17 nitrogen and oxygen atoms in total. The van der Waals surface area contributed by atoms with Crippen molar-refractivity contribution in [2.45, 2.75) is 105 Å². The molecule has 3 aliphatic rings. The lowest BCUT2D eigenvalue weighted by atomic mass is 9.83. The summed E-state index contributed by atoms with van der Waals surface area (Å²) in [5.41, 5.74) is 22.2. The quantitative estimate of drug-likeness (QED) is 0.0859. The van der Waals surface area contributed by atoms with Crippen molar-refractivity contribution in [2.75, 3.05) is 39.8 Å². The zero-order valence-electron chi connectivity index (χ0n) is 24.7. The van der Waals surface area contributed by atoms with Gasteiger partial charge in [-0.2, -0.15) is 0 Å². The van der Waals surface area contributed by atoms with E-state index < -0.39 is 84.9 Å². The number of amides is 1. The lowest BCUT2D eigenvalue weighted by Crippen LogP contribution is -2.69. The second-order valence-corrected chi connectivity index (χ2v) is 11.7. The number of nitrogens with two attached hydrogens (primary N) is 4. The summed E-state index contributed by atoms with van der Waals surface area (Å²) in [4.78, 5) is 12.7. The number of aliphatic hydroxyl groups is 5. The van der Waals surface area contributed by atoms with Gasteiger partial charge in [0.15, 0.2) is 6.29 Å². The number of nitrogens with one attached hydrogen (secondary N) is 3. The number of hydrogen-bond acceptors (Lipinski definition) is 16. The Balaban J connectivity index is 1.76. The number of aliphatic hydroxyl groups excluding tert-OH is 4. The van der Waals surface area contributed by atoms with Crippen molar-refractivity contribution < 1.29 is 49.3 Å². The summed E-state index contributed by atoms with van der Waals surface area (Å²) in [6.45, 7) is 2.03. The van der Waals surface area contributed by atoms with Crippen molar-refractivity contribution in [3.63, 3.8) is 0 Å². The van der Waals surface area contributed by atoms with Gasteiger partial charge in [-0.1, -0.05) is 0 Å². The summed E-state index contributed by atoms with van der Waals surface area (Å²) < 4.78 is 23.8. The molecule has 0 aromatic rings. The topological polar surface area (TPSA) is 295 Å². The second-order valence-electron chi connectivity index (χ2n) is 11.7. The van der Waals surface area contributed by atoms with Crippen LogP contribution in [-0.4, -0.2) is 150 Å². The molecular formula is C26H51N7O10. The highest BCUT2D eigenvalue weighted by molar-refractivity contribution is 5.80. The maximum Gasteiger partial charge on any atom is 0.249 e. The molecule has 0 radical (unpaired) electrons. The molecule has 13 atom stereocenters. The van der Waals surface area contributed by atoms with Gasteiger partial charge >= 0.3 is 0 Å². The van der Waals surface area contributed by atoms with Gasteiger partial charge in [0.25, 0.3) is 0 Å². The molecule has 1 unspecified atom stereocenters. The van der Waals surface area contributed by atoms with Crippen LogP contribution in [0.1, 0.15) is 26.2 Å². The predicted molar refractivity (Wildman–Crippen MR) is 153 cm³/mol. The third-order valence-electron chi connectivity index (χ3n) is 8.00. The summed E-state index contributed by atoms with van der Waals surface area (Å²) in [5, 5.41) is 61.5. The normalized spacial score (nSPS) is 39.8. The molecule has 1 aliphatic carbocycles. The summed E-state index contributed by atoms with van der Waals surface area (Å²) >= 11 is 0. The molecule has 17 heteroatoms. The first-order chi connectivity index (χ1) is 20.3. The molecular weight excluding hydrogens is 570 g/mol. The van der Waals surface area contributed by atoms with Crippen molar-refractivity contribution >= 4 is 5.91 Å². The lowest BCUT2D eigenvalue weighted by Gasteiger charge is -2.48. The maximum absolute atomic E-state index is 12.7. The predicted octanol–water partition coefficient (Wildman–Crippen LogP) is -6.03. The van der Waals surface area contributed by atoms with E-state index >= 15 is 0 Å². The van der Waals surface area contributed by atoms with Gasteiger partial charge in [-0.25, -0.2) is 0 Å². The van der Waals surface area contributed by atoms with E-state index in [1.165, 1.54) is 6.92 Å². The monoisotopic (exact) mass is 621 g/mol. The Hall–Kier alpha value is -1.55. The minimum absolute atomic E-state index is 0.0145. The average molecular weight is 622 g/mol. The van der Waals surface area contributed by atoms with Crippen molar-refractivity contribution in [3.05, 3.63) is 11.8 Å². The van der Waals surface area contributed by atoms with E-state index in [4.69, 9.17) is 41.9 Å². The highest BCUT2D eigenvalue weighted by Crippen LogP contribution is 2.32. The molecule has 0 aromatic heterocycles. The molecule has 1 saturated heterocycles. The Morgan fingerprint density at radius 1 is 1.14 bits per heavy atom. The molecule has 0 aromatic carbocycles. The van der Waals surface area contributed by atoms with Gasteiger partial charge in [-0.3, -0.25) is 4.79 Å². The highest BCUT2D eigenvalue weighted by Gasteiger charge is 2.51. The summed E-state index contributed by atoms with van der Waals surface area (Å²) in [6, 6.07) is -3.19. The van der Waals surface area contributed by atoms with Crippen LogP contribution in [0.4, 0.5) is 0 Å². The first-order valence-corrected chi connectivity index (χ1v) is 14.6. The molecule has 3 rings (SSSR count). The molecule has 250 valence electrons. The van der Waals surface area contributed by atoms with Crippen LogP contribution in [0, 0.1) is 0 Å². The van der Waals surface area contributed by atoms with Crippen LogP contribution in [0.5, 0.6) is 0 Å². The Bertz CT molecular complexity index is 918. The van der Waals surface area contributed by atoms with Gasteiger partial charge in [-0.15, -0.1) is 0 Å². The van der Waals surface area contributed by atoms with Crippen molar-refractivity contribution in [3.8, 4) is 0 Å². The molecule has 0 spiro atoms. The second kappa shape index (κ2) is 16.1. The van der Waals surface area contributed by atoms with Gasteiger partial charge in [0.2, 0.25) is 12.2 Å². The zero-order chi connectivity index (χ0) is 31.9. The van der Waals surface area contributed by atoms with E-state index in [2.05, 4.69) is 16.0 Å². The fourth-order valence-corrected chi connectivity index (χ4v) is 5.53. The first-order valence-electron chi connectivity index (χ1n) is 14.6. The highest BCUT2D eigenvalue weighted by atomic mass is 16.7. The number of likely N-dealkylation sites (N-methyl/N-ethyl adjacent to an activating group) is 1. The van der Waals surface area contributed by atoms with E-state index in [1.54, 1.807) is 13.1 Å².